The maximum absolute atomic E-state index is 13.8. The van der Waals surface area contributed by atoms with Crippen molar-refractivity contribution in [2.24, 2.45) is 5.92 Å². The molecule has 0 amide bonds. The SMILES string of the molecule is CC(C)(F)CN1CCC(COc2cnc(C3=CCNCC3)c(S(C)(=O)=O)c2)CC1. The Morgan fingerprint density at radius 3 is 2.66 bits per heavy atom. The maximum Gasteiger partial charge on any atom is 0.177 e. The third kappa shape index (κ3) is 6.49. The van der Waals surface area contributed by atoms with Crippen LogP contribution in [-0.2, 0) is 9.84 Å². The highest BCUT2D eigenvalue weighted by atomic mass is 32.2. The second-order valence-electron chi connectivity index (χ2n) is 8.72. The number of nitrogens with zero attached hydrogens (tertiary/aromatic N) is 2. The maximum atomic E-state index is 13.8. The summed E-state index contributed by atoms with van der Waals surface area (Å²) >= 11 is 0. The van der Waals surface area contributed by atoms with E-state index in [0.717, 1.165) is 51.0 Å². The van der Waals surface area contributed by atoms with E-state index >= 15 is 0 Å². The van der Waals surface area contributed by atoms with Gasteiger partial charge in [-0.25, -0.2) is 12.8 Å². The predicted octanol–water partition coefficient (Wildman–Crippen LogP) is 2.70. The van der Waals surface area contributed by atoms with Gasteiger partial charge in [-0.1, -0.05) is 6.08 Å². The standard InChI is InChI=1S/C21H32FN3O3S/c1-21(2,22)15-25-10-6-16(7-11-25)14-28-18-12-19(29(3,26)27)20(24-13-18)17-4-8-23-9-5-17/h4,12-13,16,23H,5-11,14-15H2,1-3H3. The van der Waals surface area contributed by atoms with E-state index in [4.69, 9.17) is 4.74 Å². The lowest BCUT2D eigenvalue weighted by atomic mass is 9.97. The molecule has 3 heterocycles. The van der Waals surface area contributed by atoms with Gasteiger partial charge in [-0.2, -0.15) is 0 Å². The van der Waals surface area contributed by atoms with Crippen LogP contribution in [0.1, 0.15) is 38.8 Å². The monoisotopic (exact) mass is 425 g/mol. The first-order valence-electron chi connectivity index (χ1n) is 10.3. The predicted molar refractivity (Wildman–Crippen MR) is 113 cm³/mol. The van der Waals surface area contributed by atoms with Crippen LogP contribution in [0.15, 0.2) is 23.2 Å². The lowest BCUT2D eigenvalue weighted by Gasteiger charge is -2.34. The van der Waals surface area contributed by atoms with Crippen LogP contribution in [0.5, 0.6) is 5.75 Å². The molecule has 0 spiro atoms. The van der Waals surface area contributed by atoms with Crippen LogP contribution >= 0.6 is 0 Å². The molecule has 1 aromatic rings. The zero-order valence-electron chi connectivity index (χ0n) is 17.6. The first-order valence-corrected chi connectivity index (χ1v) is 12.2. The van der Waals surface area contributed by atoms with Crippen molar-refractivity contribution in [2.45, 2.75) is 43.7 Å². The summed E-state index contributed by atoms with van der Waals surface area (Å²) in [4.78, 5) is 6.81. The third-order valence-corrected chi connectivity index (χ3v) is 6.50. The van der Waals surface area contributed by atoms with Crippen molar-refractivity contribution in [1.82, 2.24) is 15.2 Å². The molecule has 1 N–H and O–H groups in total. The van der Waals surface area contributed by atoms with Crippen molar-refractivity contribution in [2.75, 3.05) is 45.6 Å². The molecule has 0 unspecified atom stereocenters. The number of ether oxygens (including phenoxy) is 1. The van der Waals surface area contributed by atoms with Gasteiger partial charge in [-0.05, 0) is 64.2 Å². The molecular formula is C21H32FN3O3S. The average Bonchev–Trinajstić information content (AvgIpc) is 2.66. The van der Waals surface area contributed by atoms with Gasteiger partial charge in [0.1, 0.15) is 11.4 Å². The van der Waals surface area contributed by atoms with E-state index in [1.807, 2.05) is 6.08 Å². The van der Waals surface area contributed by atoms with Crippen LogP contribution in [-0.4, -0.2) is 69.6 Å². The zero-order chi connectivity index (χ0) is 21.1. The van der Waals surface area contributed by atoms with E-state index in [-0.39, 0.29) is 4.90 Å². The number of pyridine rings is 1. The zero-order valence-corrected chi connectivity index (χ0v) is 18.4. The molecule has 1 aromatic heterocycles. The fraction of sp³-hybridized carbons (Fsp3) is 0.667. The largest absolute Gasteiger partial charge is 0.492 e. The highest BCUT2D eigenvalue weighted by Gasteiger charge is 2.26. The van der Waals surface area contributed by atoms with Gasteiger partial charge >= 0.3 is 0 Å². The van der Waals surface area contributed by atoms with Gasteiger partial charge in [0, 0.05) is 25.4 Å². The Bertz CT molecular complexity index is 841. The first-order chi connectivity index (χ1) is 13.6. The molecule has 2 aliphatic heterocycles. The topological polar surface area (TPSA) is 71.5 Å². The minimum atomic E-state index is -3.42. The summed E-state index contributed by atoms with van der Waals surface area (Å²) in [6.07, 6.45) is 7.47. The minimum Gasteiger partial charge on any atom is -0.492 e. The number of sulfone groups is 1. The van der Waals surface area contributed by atoms with Crippen LogP contribution in [0.2, 0.25) is 0 Å². The molecule has 0 bridgehead atoms. The lowest BCUT2D eigenvalue weighted by Crippen LogP contribution is -2.41. The van der Waals surface area contributed by atoms with Gasteiger partial charge in [-0.3, -0.25) is 4.98 Å². The quantitative estimate of drug-likeness (QED) is 0.724. The Kier molecular flexibility index (Phi) is 6.96. The Labute approximate surface area is 173 Å². The number of likely N-dealkylation sites (tertiary alicyclic amines) is 1. The fourth-order valence-electron chi connectivity index (χ4n) is 3.92. The van der Waals surface area contributed by atoms with Gasteiger partial charge in [0.25, 0.3) is 0 Å². The highest BCUT2D eigenvalue weighted by Crippen LogP contribution is 2.29. The molecule has 0 aliphatic carbocycles. The Morgan fingerprint density at radius 2 is 2.07 bits per heavy atom. The Morgan fingerprint density at radius 1 is 1.34 bits per heavy atom. The molecule has 29 heavy (non-hydrogen) atoms. The third-order valence-electron chi connectivity index (χ3n) is 5.39. The van der Waals surface area contributed by atoms with Crippen molar-refractivity contribution in [3.8, 4) is 5.75 Å². The molecule has 162 valence electrons. The van der Waals surface area contributed by atoms with Gasteiger partial charge in [0.15, 0.2) is 9.84 Å². The molecule has 0 atom stereocenters. The summed E-state index contributed by atoms with van der Waals surface area (Å²) in [5.41, 5.74) is 0.310. The van der Waals surface area contributed by atoms with Gasteiger partial charge in [-0.15, -0.1) is 0 Å². The number of piperidine rings is 1. The molecule has 8 heteroatoms. The summed E-state index contributed by atoms with van der Waals surface area (Å²) in [7, 11) is -3.42. The van der Waals surface area contributed by atoms with E-state index in [2.05, 4.69) is 15.2 Å². The lowest BCUT2D eigenvalue weighted by molar-refractivity contribution is 0.0835. The van der Waals surface area contributed by atoms with E-state index in [0.29, 0.717) is 30.5 Å². The second kappa shape index (κ2) is 9.10. The number of alkyl halides is 1. The number of halogens is 1. The van der Waals surface area contributed by atoms with Crippen LogP contribution in [0.4, 0.5) is 4.39 Å². The van der Waals surface area contributed by atoms with Crippen LogP contribution in [0.3, 0.4) is 0 Å². The number of hydrogen-bond donors (Lipinski definition) is 1. The van der Waals surface area contributed by atoms with Gasteiger partial charge < -0.3 is 15.0 Å². The molecular weight excluding hydrogens is 393 g/mol. The normalized spacial score (nSPS) is 19.8. The summed E-state index contributed by atoms with van der Waals surface area (Å²) in [6, 6.07) is 1.60. The molecule has 1 saturated heterocycles. The number of nitrogens with one attached hydrogen (secondary N) is 1. The van der Waals surface area contributed by atoms with E-state index in [1.54, 1.807) is 26.1 Å². The van der Waals surface area contributed by atoms with Crippen molar-refractivity contribution in [3.63, 3.8) is 0 Å². The minimum absolute atomic E-state index is 0.225. The summed E-state index contributed by atoms with van der Waals surface area (Å²) in [5.74, 6) is 0.860. The average molecular weight is 426 g/mol. The Balaban J connectivity index is 1.63. The molecule has 0 radical (unpaired) electrons. The summed E-state index contributed by atoms with van der Waals surface area (Å²) in [5, 5.41) is 3.22. The highest BCUT2D eigenvalue weighted by molar-refractivity contribution is 7.90. The van der Waals surface area contributed by atoms with Crippen LogP contribution < -0.4 is 10.1 Å². The molecule has 6 nitrogen and oxygen atoms in total. The Hall–Kier alpha value is -1.51. The summed E-state index contributed by atoms with van der Waals surface area (Å²) < 4.78 is 44.4. The molecule has 0 saturated carbocycles. The molecule has 0 aromatic carbocycles. The summed E-state index contributed by atoms with van der Waals surface area (Å²) in [6.45, 7) is 7.43. The van der Waals surface area contributed by atoms with Crippen LogP contribution in [0, 0.1) is 5.92 Å². The van der Waals surface area contributed by atoms with Crippen molar-refractivity contribution in [1.29, 1.82) is 0 Å². The second-order valence-corrected chi connectivity index (χ2v) is 10.7. The van der Waals surface area contributed by atoms with Crippen LogP contribution in [0.25, 0.3) is 5.57 Å². The number of aromatic nitrogens is 1. The van der Waals surface area contributed by atoms with E-state index < -0.39 is 15.5 Å². The molecule has 3 rings (SSSR count). The molecule has 2 aliphatic rings. The van der Waals surface area contributed by atoms with Gasteiger partial charge in [0.05, 0.1) is 23.4 Å². The van der Waals surface area contributed by atoms with Crippen molar-refractivity contribution < 1.29 is 17.5 Å². The van der Waals surface area contributed by atoms with Crippen molar-refractivity contribution >= 4 is 15.4 Å². The van der Waals surface area contributed by atoms with E-state index in [1.165, 1.54) is 6.26 Å². The molecule has 1 fully saturated rings. The van der Waals surface area contributed by atoms with E-state index in [9.17, 15) is 12.8 Å². The fourth-order valence-corrected chi connectivity index (χ4v) is 4.79. The number of rotatable bonds is 7. The smallest absolute Gasteiger partial charge is 0.177 e. The van der Waals surface area contributed by atoms with Gasteiger partial charge in [0.2, 0.25) is 0 Å². The first kappa shape index (κ1) is 22.2. The number of hydrogen-bond acceptors (Lipinski definition) is 6. The van der Waals surface area contributed by atoms with Crippen molar-refractivity contribution in [3.05, 3.63) is 24.0 Å².